The Hall–Kier alpha value is -0.960. The van der Waals surface area contributed by atoms with Crippen LogP contribution in [0, 0.1) is 0 Å². The highest BCUT2D eigenvalue weighted by atomic mass is 14.9. The van der Waals surface area contributed by atoms with Gasteiger partial charge in [0.1, 0.15) is 5.82 Å². The molecule has 0 unspecified atom stereocenters. The molecule has 0 saturated heterocycles. The summed E-state index contributed by atoms with van der Waals surface area (Å²) in [7, 11) is 0. The van der Waals surface area contributed by atoms with Crippen LogP contribution in [0.5, 0.6) is 0 Å². The smallest absolute Gasteiger partial charge is 0.131 e. The molecule has 1 N–H and O–H groups in total. The van der Waals surface area contributed by atoms with Crippen molar-refractivity contribution in [2.24, 2.45) is 0 Å². The second kappa shape index (κ2) is 5.21. The van der Waals surface area contributed by atoms with Crippen molar-refractivity contribution in [2.45, 2.75) is 45.1 Å². The second-order valence-corrected chi connectivity index (χ2v) is 4.25. The zero-order chi connectivity index (χ0) is 10.5. The average Bonchev–Trinajstić information content (AvgIpc) is 2.18. The number of hydrogen-bond donors (Lipinski definition) is 1. The SMILES string of the molecule is CCCNCc1cnc(C2CCC2)nc1. The maximum absolute atomic E-state index is 4.43. The van der Waals surface area contributed by atoms with Crippen LogP contribution in [0.15, 0.2) is 12.4 Å². The van der Waals surface area contributed by atoms with E-state index in [2.05, 4.69) is 22.2 Å². The van der Waals surface area contributed by atoms with Crippen molar-refractivity contribution < 1.29 is 0 Å². The highest BCUT2D eigenvalue weighted by Gasteiger charge is 2.21. The molecule has 0 atom stereocenters. The van der Waals surface area contributed by atoms with Crippen molar-refractivity contribution in [3.63, 3.8) is 0 Å². The third-order valence-corrected chi connectivity index (χ3v) is 2.95. The first-order chi connectivity index (χ1) is 7.40. The molecule has 0 aliphatic heterocycles. The van der Waals surface area contributed by atoms with Crippen molar-refractivity contribution in [3.05, 3.63) is 23.8 Å². The fourth-order valence-corrected chi connectivity index (χ4v) is 1.74. The average molecular weight is 205 g/mol. The summed E-state index contributed by atoms with van der Waals surface area (Å²) in [4.78, 5) is 8.86. The molecule has 1 aromatic heterocycles. The highest BCUT2D eigenvalue weighted by Crippen LogP contribution is 2.33. The summed E-state index contributed by atoms with van der Waals surface area (Å²) < 4.78 is 0. The van der Waals surface area contributed by atoms with Crippen LogP contribution in [0.1, 0.15) is 49.9 Å². The first kappa shape index (κ1) is 10.6. The summed E-state index contributed by atoms with van der Waals surface area (Å²) in [6.45, 7) is 4.12. The van der Waals surface area contributed by atoms with Gasteiger partial charge in [-0.1, -0.05) is 13.3 Å². The van der Waals surface area contributed by atoms with Crippen molar-refractivity contribution in [1.29, 1.82) is 0 Å². The molecular weight excluding hydrogens is 186 g/mol. The van der Waals surface area contributed by atoms with Gasteiger partial charge in [0.2, 0.25) is 0 Å². The Morgan fingerprint density at radius 1 is 1.33 bits per heavy atom. The molecule has 3 heteroatoms. The van der Waals surface area contributed by atoms with E-state index in [1.807, 2.05) is 12.4 Å². The second-order valence-electron chi connectivity index (χ2n) is 4.25. The van der Waals surface area contributed by atoms with Crippen molar-refractivity contribution in [1.82, 2.24) is 15.3 Å². The van der Waals surface area contributed by atoms with Gasteiger partial charge in [0.15, 0.2) is 0 Å². The fourth-order valence-electron chi connectivity index (χ4n) is 1.74. The van der Waals surface area contributed by atoms with E-state index in [0.717, 1.165) is 18.9 Å². The first-order valence-electron chi connectivity index (χ1n) is 5.91. The van der Waals surface area contributed by atoms with Gasteiger partial charge in [0, 0.05) is 30.4 Å². The molecule has 1 heterocycles. The van der Waals surface area contributed by atoms with Gasteiger partial charge in [-0.3, -0.25) is 0 Å². The highest BCUT2D eigenvalue weighted by molar-refractivity contribution is 5.08. The lowest BCUT2D eigenvalue weighted by molar-refractivity contribution is 0.401. The quantitative estimate of drug-likeness (QED) is 0.749. The monoisotopic (exact) mass is 205 g/mol. The third-order valence-electron chi connectivity index (χ3n) is 2.95. The predicted molar refractivity (Wildman–Crippen MR) is 60.6 cm³/mol. The van der Waals surface area contributed by atoms with Crippen LogP contribution in [-0.4, -0.2) is 16.5 Å². The molecule has 15 heavy (non-hydrogen) atoms. The summed E-state index contributed by atoms with van der Waals surface area (Å²) >= 11 is 0. The molecule has 1 aliphatic rings. The molecule has 0 amide bonds. The number of rotatable bonds is 5. The van der Waals surface area contributed by atoms with E-state index >= 15 is 0 Å². The normalized spacial score (nSPS) is 16.3. The lowest BCUT2D eigenvalue weighted by atomic mass is 9.85. The van der Waals surface area contributed by atoms with Crippen LogP contribution in [0.4, 0.5) is 0 Å². The van der Waals surface area contributed by atoms with Gasteiger partial charge in [-0.15, -0.1) is 0 Å². The van der Waals surface area contributed by atoms with Gasteiger partial charge < -0.3 is 5.32 Å². The van der Waals surface area contributed by atoms with Crippen LogP contribution < -0.4 is 5.32 Å². The lowest BCUT2D eigenvalue weighted by Gasteiger charge is -2.23. The van der Waals surface area contributed by atoms with Crippen LogP contribution in [-0.2, 0) is 6.54 Å². The fraction of sp³-hybridized carbons (Fsp3) is 0.667. The summed E-state index contributed by atoms with van der Waals surface area (Å²) in [5.74, 6) is 1.68. The third kappa shape index (κ3) is 2.75. The van der Waals surface area contributed by atoms with Crippen molar-refractivity contribution in [2.75, 3.05) is 6.54 Å². The summed E-state index contributed by atoms with van der Waals surface area (Å²) in [5, 5.41) is 3.35. The maximum atomic E-state index is 4.43. The van der Waals surface area contributed by atoms with Gasteiger partial charge >= 0.3 is 0 Å². The summed E-state index contributed by atoms with van der Waals surface area (Å²) in [5.41, 5.74) is 1.19. The number of nitrogens with zero attached hydrogens (tertiary/aromatic N) is 2. The van der Waals surface area contributed by atoms with Crippen molar-refractivity contribution >= 4 is 0 Å². The van der Waals surface area contributed by atoms with Crippen LogP contribution in [0.2, 0.25) is 0 Å². The molecule has 0 aromatic carbocycles. The Kier molecular flexibility index (Phi) is 3.67. The molecular formula is C12H19N3. The molecule has 82 valence electrons. The van der Waals surface area contributed by atoms with E-state index in [0.29, 0.717) is 5.92 Å². The Balaban J connectivity index is 1.86. The minimum Gasteiger partial charge on any atom is -0.313 e. The molecule has 3 nitrogen and oxygen atoms in total. The van der Waals surface area contributed by atoms with Gasteiger partial charge in [-0.25, -0.2) is 9.97 Å². The number of nitrogens with one attached hydrogen (secondary N) is 1. The molecule has 2 rings (SSSR count). The van der Waals surface area contributed by atoms with E-state index in [1.165, 1.54) is 31.2 Å². The minimum atomic E-state index is 0.641. The minimum absolute atomic E-state index is 0.641. The Bertz CT molecular complexity index is 290. The summed E-state index contributed by atoms with van der Waals surface area (Å²) in [6.07, 6.45) is 8.97. The van der Waals surface area contributed by atoms with E-state index in [1.54, 1.807) is 0 Å². The zero-order valence-corrected chi connectivity index (χ0v) is 9.37. The summed E-state index contributed by atoms with van der Waals surface area (Å²) in [6, 6.07) is 0. The Morgan fingerprint density at radius 3 is 2.60 bits per heavy atom. The topological polar surface area (TPSA) is 37.8 Å². The van der Waals surface area contributed by atoms with E-state index in [4.69, 9.17) is 0 Å². The van der Waals surface area contributed by atoms with E-state index in [-0.39, 0.29) is 0 Å². The van der Waals surface area contributed by atoms with E-state index in [9.17, 15) is 0 Å². The first-order valence-corrected chi connectivity index (χ1v) is 5.91. The Morgan fingerprint density at radius 2 is 2.07 bits per heavy atom. The van der Waals surface area contributed by atoms with Crippen LogP contribution in [0.3, 0.4) is 0 Å². The molecule has 0 spiro atoms. The number of aromatic nitrogens is 2. The maximum Gasteiger partial charge on any atom is 0.131 e. The molecule has 1 aliphatic carbocycles. The molecule has 1 fully saturated rings. The lowest BCUT2D eigenvalue weighted by Crippen LogP contribution is -2.16. The molecule has 1 aromatic rings. The van der Waals surface area contributed by atoms with Gasteiger partial charge in [-0.05, 0) is 25.8 Å². The van der Waals surface area contributed by atoms with E-state index < -0.39 is 0 Å². The zero-order valence-electron chi connectivity index (χ0n) is 9.37. The number of hydrogen-bond acceptors (Lipinski definition) is 3. The van der Waals surface area contributed by atoms with Gasteiger partial charge in [-0.2, -0.15) is 0 Å². The molecule has 0 bridgehead atoms. The van der Waals surface area contributed by atoms with Crippen LogP contribution in [0.25, 0.3) is 0 Å². The standard InChI is InChI=1S/C12H19N3/c1-2-6-13-7-10-8-14-12(15-9-10)11-4-3-5-11/h8-9,11,13H,2-7H2,1H3. The van der Waals surface area contributed by atoms with Gasteiger partial charge in [0.25, 0.3) is 0 Å². The van der Waals surface area contributed by atoms with Gasteiger partial charge in [0.05, 0.1) is 0 Å². The molecule has 1 saturated carbocycles. The Labute approximate surface area is 91.3 Å². The predicted octanol–water partition coefficient (Wildman–Crippen LogP) is 2.24. The molecule has 0 radical (unpaired) electrons. The van der Waals surface area contributed by atoms with Crippen LogP contribution >= 0.6 is 0 Å². The largest absolute Gasteiger partial charge is 0.313 e. The van der Waals surface area contributed by atoms with Crippen molar-refractivity contribution in [3.8, 4) is 0 Å².